The number of benzene rings is 2. The number of carbonyl (C=O) groups excluding carboxylic acids is 1. The van der Waals surface area contributed by atoms with Crippen LogP contribution in [0.4, 0.5) is 11.4 Å². The summed E-state index contributed by atoms with van der Waals surface area (Å²) >= 11 is 0. The Morgan fingerprint density at radius 2 is 1.91 bits per heavy atom. The third kappa shape index (κ3) is 5.78. The van der Waals surface area contributed by atoms with E-state index in [0.717, 1.165) is 28.9 Å². The van der Waals surface area contributed by atoms with Crippen LogP contribution in [-0.4, -0.2) is 35.6 Å². The van der Waals surface area contributed by atoms with Gasteiger partial charge in [0.05, 0.1) is 22.7 Å². The van der Waals surface area contributed by atoms with E-state index in [4.69, 9.17) is 4.74 Å². The number of fused-ring (bicyclic) bond motifs is 1. The second kappa shape index (κ2) is 10.3. The molecule has 2 aromatic carbocycles. The van der Waals surface area contributed by atoms with Gasteiger partial charge in [0.15, 0.2) is 0 Å². The molecule has 3 aromatic rings. The summed E-state index contributed by atoms with van der Waals surface area (Å²) in [5.74, 6) is -0.373. The molecule has 1 aromatic heterocycles. The Labute approximate surface area is 186 Å². The van der Waals surface area contributed by atoms with E-state index in [-0.39, 0.29) is 11.7 Å². The molecule has 0 saturated heterocycles. The van der Waals surface area contributed by atoms with Crippen LogP contribution in [0.3, 0.4) is 0 Å². The first-order valence-electron chi connectivity index (χ1n) is 10.3. The molecule has 0 bridgehead atoms. The third-order valence-corrected chi connectivity index (χ3v) is 4.93. The van der Waals surface area contributed by atoms with Crippen LogP contribution in [0, 0.1) is 10.1 Å². The summed E-state index contributed by atoms with van der Waals surface area (Å²) in [4.78, 5) is 28.7. The lowest BCUT2D eigenvalue weighted by Gasteiger charge is -2.23. The molecule has 0 radical (unpaired) electrons. The van der Waals surface area contributed by atoms with Gasteiger partial charge in [0.25, 0.3) is 5.69 Å². The zero-order valence-corrected chi connectivity index (χ0v) is 18.2. The van der Waals surface area contributed by atoms with E-state index in [1.165, 1.54) is 12.1 Å². The van der Waals surface area contributed by atoms with Crippen LogP contribution in [-0.2, 0) is 9.53 Å². The van der Waals surface area contributed by atoms with Crippen molar-refractivity contribution in [3.8, 4) is 0 Å². The van der Waals surface area contributed by atoms with E-state index in [1.807, 2.05) is 55.5 Å². The topological polar surface area (TPSA) is 85.6 Å². The van der Waals surface area contributed by atoms with Gasteiger partial charge in [-0.2, -0.15) is 0 Å². The van der Waals surface area contributed by atoms with Crippen molar-refractivity contribution in [2.24, 2.45) is 0 Å². The number of aromatic nitrogens is 1. The highest BCUT2D eigenvalue weighted by atomic mass is 16.6. The van der Waals surface area contributed by atoms with Crippen molar-refractivity contribution < 1.29 is 14.5 Å². The quantitative estimate of drug-likeness (QED) is 0.199. The summed E-state index contributed by atoms with van der Waals surface area (Å²) in [7, 11) is 0. The van der Waals surface area contributed by atoms with Crippen molar-refractivity contribution in [3.63, 3.8) is 0 Å². The summed E-state index contributed by atoms with van der Waals surface area (Å²) < 4.78 is 5.19. The third-order valence-electron chi connectivity index (χ3n) is 4.93. The van der Waals surface area contributed by atoms with Crippen molar-refractivity contribution in [1.29, 1.82) is 0 Å². The van der Waals surface area contributed by atoms with E-state index in [1.54, 1.807) is 13.0 Å². The molecule has 32 heavy (non-hydrogen) atoms. The van der Waals surface area contributed by atoms with Crippen LogP contribution in [0.15, 0.2) is 66.7 Å². The van der Waals surface area contributed by atoms with Gasteiger partial charge in [-0.05, 0) is 49.8 Å². The van der Waals surface area contributed by atoms with Gasteiger partial charge in [-0.15, -0.1) is 0 Å². The molecule has 0 fully saturated rings. The van der Waals surface area contributed by atoms with Crippen molar-refractivity contribution in [3.05, 3.63) is 88.1 Å². The van der Waals surface area contributed by atoms with Gasteiger partial charge in [0, 0.05) is 35.3 Å². The molecule has 7 nitrogen and oxygen atoms in total. The minimum atomic E-state index is -0.411. The zero-order valence-electron chi connectivity index (χ0n) is 18.2. The molecule has 0 amide bonds. The largest absolute Gasteiger partial charge is 0.460 e. The Kier molecular flexibility index (Phi) is 7.33. The molecule has 0 aliphatic rings. The molecule has 0 aliphatic heterocycles. The van der Waals surface area contributed by atoms with Crippen molar-refractivity contribution in [1.82, 2.24) is 4.98 Å². The number of nitro groups is 1. The normalized spacial score (nSPS) is 10.9. The van der Waals surface area contributed by atoms with Gasteiger partial charge < -0.3 is 9.64 Å². The molecule has 0 atom stereocenters. The van der Waals surface area contributed by atoms with Crippen LogP contribution in [0.5, 0.6) is 0 Å². The second-order valence-electron chi connectivity index (χ2n) is 7.29. The van der Waals surface area contributed by atoms with Crippen LogP contribution in [0.1, 0.15) is 25.1 Å². The number of hydrogen-bond donors (Lipinski definition) is 0. The minimum Gasteiger partial charge on any atom is -0.460 e. The fraction of sp³-hybridized carbons (Fsp3) is 0.200. The first kappa shape index (κ1) is 22.7. The number of likely N-dealkylation sites (N-methyl/N-ethyl adjacent to an activating group) is 1. The Bertz CT molecular complexity index is 1170. The average Bonchev–Trinajstić information content (AvgIpc) is 2.80. The molecule has 7 heteroatoms. The summed E-state index contributed by atoms with van der Waals surface area (Å²) in [5.41, 5.74) is 3.98. The van der Waals surface area contributed by atoms with E-state index in [0.29, 0.717) is 24.2 Å². The maximum Gasteiger partial charge on any atom is 0.333 e. The maximum absolute atomic E-state index is 11.5. The molecule has 0 saturated carbocycles. The highest BCUT2D eigenvalue weighted by Gasteiger charge is 2.08. The van der Waals surface area contributed by atoms with Gasteiger partial charge in [0.2, 0.25) is 0 Å². The first-order valence-corrected chi connectivity index (χ1v) is 10.3. The van der Waals surface area contributed by atoms with E-state index in [2.05, 4.69) is 16.5 Å². The second-order valence-corrected chi connectivity index (χ2v) is 7.29. The number of nitrogens with zero attached hydrogens (tertiary/aromatic N) is 3. The number of rotatable bonds is 9. The van der Waals surface area contributed by atoms with Crippen LogP contribution in [0.25, 0.3) is 23.1 Å². The van der Waals surface area contributed by atoms with Crippen LogP contribution < -0.4 is 4.90 Å². The molecule has 0 aliphatic carbocycles. The molecule has 0 N–H and O–H groups in total. The van der Waals surface area contributed by atoms with Crippen molar-refractivity contribution in [2.45, 2.75) is 13.8 Å². The molecular weight excluding hydrogens is 406 g/mol. The summed E-state index contributed by atoms with van der Waals surface area (Å²) in [6, 6.07) is 16.4. The highest BCUT2D eigenvalue weighted by molar-refractivity contribution is 5.87. The molecular formula is C25H25N3O4. The van der Waals surface area contributed by atoms with Crippen molar-refractivity contribution in [2.75, 3.05) is 24.6 Å². The standard InChI is InChI=1S/C25H25N3O4/c1-4-27(15-16-32-25(29)18(2)3)22-11-6-19(7-12-22)5-9-21-10-8-20-17-23(28(30)31)13-14-24(20)26-21/h5-14,17H,2,4,15-16H2,1,3H3. The van der Waals surface area contributed by atoms with Crippen LogP contribution in [0.2, 0.25) is 0 Å². The Hall–Kier alpha value is -4.00. The molecule has 1 heterocycles. The molecule has 0 unspecified atom stereocenters. The highest BCUT2D eigenvalue weighted by Crippen LogP contribution is 2.21. The van der Waals surface area contributed by atoms with Crippen LogP contribution >= 0.6 is 0 Å². The lowest BCUT2D eigenvalue weighted by atomic mass is 10.1. The van der Waals surface area contributed by atoms with E-state index in [9.17, 15) is 14.9 Å². The monoisotopic (exact) mass is 431 g/mol. The number of non-ortho nitro benzene ring substituents is 1. The number of esters is 1. The molecule has 164 valence electrons. The van der Waals surface area contributed by atoms with Gasteiger partial charge in [-0.3, -0.25) is 10.1 Å². The number of hydrogen-bond acceptors (Lipinski definition) is 6. The first-order chi connectivity index (χ1) is 15.4. The predicted octanol–water partition coefficient (Wildman–Crippen LogP) is 5.26. The molecule has 3 rings (SSSR count). The Morgan fingerprint density at radius 1 is 1.16 bits per heavy atom. The lowest BCUT2D eigenvalue weighted by molar-refractivity contribution is -0.384. The maximum atomic E-state index is 11.5. The smallest absolute Gasteiger partial charge is 0.333 e. The Morgan fingerprint density at radius 3 is 2.56 bits per heavy atom. The van der Waals surface area contributed by atoms with Gasteiger partial charge in [-0.25, -0.2) is 9.78 Å². The summed E-state index contributed by atoms with van der Waals surface area (Å²) in [6.07, 6.45) is 3.87. The number of pyridine rings is 1. The molecule has 0 spiro atoms. The Balaban J connectivity index is 1.65. The SMILES string of the molecule is C=C(C)C(=O)OCCN(CC)c1ccc(C=Cc2ccc3cc([N+](=O)[O-])ccc3n2)cc1. The average molecular weight is 431 g/mol. The number of anilines is 1. The summed E-state index contributed by atoms with van der Waals surface area (Å²) in [6.45, 7) is 8.96. The fourth-order valence-corrected chi connectivity index (χ4v) is 3.15. The van der Waals surface area contributed by atoms with Gasteiger partial charge >= 0.3 is 5.97 Å². The summed E-state index contributed by atoms with van der Waals surface area (Å²) in [5, 5.41) is 11.6. The minimum absolute atomic E-state index is 0.0535. The number of nitro benzene ring substituents is 1. The lowest BCUT2D eigenvalue weighted by Crippen LogP contribution is -2.28. The fourth-order valence-electron chi connectivity index (χ4n) is 3.15. The van der Waals surface area contributed by atoms with Gasteiger partial charge in [0.1, 0.15) is 6.61 Å². The van der Waals surface area contributed by atoms with E-state index >= 15 is 0 Å². The van der Waals surface area contributed by atoms with Gasteiger partial charge in [-0.1, -0.05) is 30.9 Å². The predicted molar refractivity (Wildman–Crippen MR) is 127 cm³/mol. The van der Waals surface area contributed by atoms with E-state index < -0.39 is 4.92 Å². The zero-order chi connectivity index (χ0) is 23.1. The number of ether oxygens (including phenoxy) is 1. The number of carbonyl (C=O) groups is 1. The van der Waals surface area contributed by atoms with Crippen molar-refractivity contribution >= 4 is 40.4 Å².